The third-order valence-corrected chi connectivity index (χ3v) is 7.22. The maximum absolute atomic E-state index is 13.2. The fourth-order valence-electron chi connectivity index (χ4n) is 5.15. The lowest BCUT2D eigenvalue weighted by Gasteiger charge is -2.35. The number of piperidine rings is 2. The van der Waals surface area contributed by atoms with E-state index in [0.29, 0.717) is 38.3 Å². The van der Waals surface area contributed by atoms with Crippen LogP contribution in [0, 0.1) is 10.1 Å². The van der Waals surface area contributed by atoms with Gasteiger partial charge < -0.3 is 15.1 Å². The average molecular weight is 505 g/mol. The molecule has 2 fully saturated rings. The molecular formula is C26H31F3N4O3. The molecule has 0 atom stereocenters. The summed E-state index contributed by atoms with van der Waals surface area (Å²) in [5, 5.41) is 14.0. The normalized spacial score (nSPS) is 18.2. The molecule has 4 rings (SSSR count). The summed E-state index contributed by atoms with van der Waals surface area (Å²) >= 11 is 0. The lowest BCUT2D eigenvalue weighted by Crippen LogP contribution is -2.43. The van der Waals surface area contributed by atoms with Crippen molar-refractivity contribution in [2.45, 2.75) is 50.2 Å². The SMILES string of the molecule is O=C(CCN1CCC(c2ccccc2)CC1)N1CCC(Nc2ccc([N+](=O)[O-])c(C(F)(F)F)c2)CC1. The molecule has 2 aliphatic rings. The molecule has 0 unspecified atom stereocenters. The van der Waals surface area contributed by atoms with E-state index in [1.807, 2.05) is 11.0 Å². The fraction of sp³-hybridized carbons (Fsp3) is 0.500. The highest BCUT2D eigenvalue weighted by Gasteiger charge is 2.38. The summed E-state index contributed by atoms with van der Waals surface area (Å²) < 4.78 is 39.7. The van der Waals surface area contributed by atoms with Crippen LogP contribution < -0.4 is 5.32 Å². The van der Waals surface area contributed by atoms with Crippen LogP contribution in [0.5, 0.6) is 0 Å². The zero-order valence-electron chi connectivity index (χ0n) is 20.0. The molecule has 0 spiro atoms. The number of halogens is 3. The lowest BCUT2D eigenvalue weighted by molar-refractivity contribution is -0.388. The third-order valence-electron chi connectivity index (χ3n) is 7.22. The van der Waals surface area contributed by atoms with Gasteiger partial charge in [0.15, 0.2) is 0 Å². The van der Waals surface area contributed by atoms with E-state index >= 15 is 0 Å². The predicted octanol–water partition coefficient (Wildman–Crippen LogP) is 5.29. The molecule has 36 heavy (non-hydrogen) atoms. The van der Waals surface area contributed by atoms with Crippen LogP contribution in [0.15, 0.2) is 48.5 Å². The summed E-state index contributed by atoms with van der Waals surface area (Å²) in [6, 6.07) is 13.4. The number of nitrogens with one attached hydrogen (secondary N) is 1. The number of rotatable bonds is 7. The number of benzene rings is 2. The van der Waals surface area contributed by atoms with Gasteiger partial charge in [-0.15, -0.1) is 0 Å². The first kappa shape index (κ1) is 25.9. The Hall–Kier alpha value is -3.14. The van der Waals surface area contributed by atoms with Gasteiger partial charge in [0.05, 0.1) is 4.92 Å². The molecule has 0 aliphatic carbocycles. The first-order chi connectivity index (χ1) is 17.2. The third kappa shape index (κ3) is 6.54. The van der Waals surface area contributed by atoms with Crippen LogP contribution in [0.25, 0.3) is 0 Å². The van der Waals surface area contributed by atoms with Gasteiger partial charge in [-0.25, -0.2) is 0 Å². The maximum Gasteiger partial charge on any atom is 0.423 e. The Balaban J connectivity index is 1.21. The van der Waals surface area contributed by atoms with E-state index in [9.17, 15) is 28.1 Å². The van der Waals surface area contributed by atoms with Gasteiger partial charge in [-0.3, -0.25) is 14.9 Å². The standard InChI is InChI=1S/C26H31F3N4O3/c27-26(28,29)23-18-22(6-7-24(23)33(35)36)30-21-10-16-32(17-11-21)25(34)12-15-31-13-8-20(9-14-31)19-4-2-1-3-5-19/h1-7,18,20-21,30H,8-17H2. The monoisotopic (exact) mass is 504 g/mol. The van der Waals surface area contributed by atoms with Gasteiger partial charge in [0.1, 0.15) is 5.56 Å². The highest BCUT2D eigenvalue weighted by Crippen LogP contribution is 2.38. The van der Waals surface area contributed by atoms with Crippen LogP contribution in [-0.2, 0) is 11.0 Å². The number of nitrogens with zero attached hydrogens (tertiary/aromatic N) is 3. The van der Waals surface area contributed by atoms with E-state index in [0.717, 1.165) is 44.6 Å². The summed E-state index contributed by atoms with van der Waals surface area (Å²) in [7, 11) is 0. The highest BCUT2D eigenvalue weighted by molar-refractivity contribution is 5.76. The van der Waals surface area contributed by atoms with Crippen LogP contribution in [0.4, 0.5) is 24.5 Å². The summed E-state index contributed by atoms with van der Waals surface area (Å²) in [6.45, 7) is 3.76. The van der Waals surface area contributed by atoms with Gasteiger partial charge in [-0.05, 0) is 62.4 Å². The molecule has 2 saturated heterocycles. The van der Waals surface area contributed by atoms with Crippen molar-refractivity contribution in [2.24, 2.45) is 0 Å². The Morgan fingerprint density at radius 3 is 2.28 bits per heavy atom. The maximum atomic E-state index is 13.2. The molecular weight excluding hydrogens is 473 g/mol. The molecule has 2 aliphatic heterocycles. The van der Waals surface area contributed by atoms with Crippen LogP contribution in [-0.4, -0.2) is 59.4 Å². The highest BCUT2D eigenvalue weighted by atomic mass is 19.4. The largest absolute Gasteiger partial charge is 0.423 e. The minimum atomic E-state index is -4.81. The number of anilines is 1. The number of amides is 1. The smallest absolute Gasteiger partial charge is 0.382 e. The molecule has 0 aromatic heterocycles. The molecule has 0 radical (unpaired) electrons. The Kier molecular flexibility index (Phi) is 8.13. The first-order valence-electron chi connectivity index (χ1n) is 12.4. The molecule has 2 aromatic carbocycles. The van der Waals surface area contributed by atoms with Crippen molar-refractivity contribution in [3.8, 4) is 0 Å². The zero-order valence-corrected chi connectivity index (χ0v) is 20.0. The number of alkyl halides is 3. The van der Waals surface area contributed by atoms with E-state index in [1.165, 1.54) is 11.6 Å². The Morgan fingerprint density at radius 2 is 1.67 bits per heavy atom. The number of nitro groups is 1. The van der Waals surface area contributed by atoms with Gasteiger partial charge >= 0.3 is 6.18 Å². The van der Waals surface area contributed by atoms with Crippen molar-refractivity contribution in [3.63, 3.8) is 0 Å². The van der Waals surface area contributed by atoms with Crippen LogP contribution in [0.3, 0.4) is 0 Å². The molecule has 0 saturated carbocycles. The van der Waals surface area contributed by atoms with Crippen molar-refractivity contribution < 1.29 is 22.9 Å². The number of likely N-dealkylation sites (tertiary alicyclic amines) is 2. The molecule has 0 bridgehead atoms. The Morgan fingerprint density at radius 1 is 1.00 bits per heavy atom. The number of carbonyl (C=O) groups is 1. The quantitative estimate of drug-likeness (QED) is 0.410. The van der Waals surface area contributed by atoms with E-state index in [2.05, 4.69) is 34.5 Å². The topological polar surface area (TPSA) is 78.7 Å². The van der Waals surface area contributed by atoms with E-state index < -0.39 is 22.4 Å². The second kappa shape index (κ2) is 11.3. The van der Waals surface area contributed by atoms with Gasteiger partial charge in [-0.2, -0.15) is 13.2 Å². The fourth-order valence-corrected chi connectivity index (χ4v) is 5.15. The minimum Gasteiger partial charge on any atom is -0.382 e. The van der Waals surface area contributed by atoms with Gasteiger partial charge in [0, 0.05) is 43.9 Å². The van der Waals surface area contributed by atoms with Crippen molar-refractivity contribution in [2.75, 3.05) is 38.0 Å². The second-order valence-corrected chi connectivity index (χ2v) is 9.56. The average Bonchev–Trinajstić information content (AvgIpc) is 2.88. The summed E-state index contributed by atoms with van der Waals surface area (Å²) in [6.07, 6.45) is -0.959. The Labute approximate surface area is 208 Å². The Bertz CT molecular complexity index is 1050. The molecule has 2 aromatic rings. The number of hydrogen-bond donors (Lipinski definition) is 1. The minimum absolute atomic E-state index is 0.103. The number of carbonyl (C=O) groups excluding carboxylic acids is 1. The van der Waals surface area contributed by atoms with Gasteiger partial charge in [-0.1, -0.05) is 30.3 Å². The molecule has 1 amide bonds. The lowest BCUT2D eigenvalue weighted by atomic mass is 9.89. The van der Waals surface area contributed by atoms with Crippen LogP contribution in [0.1, 0.15) is 49.1 Å². The van der Waals surface area contributed by atoms with E-state index in [4.69, 9.17) is 0 Å². The summed E-state index contributed by atoms with van der Waals surface area (Å²) in [5.41, 5.74) is -0.652. The molecule has 10 heteroatoms. The summed E-state index contributed by atoms with van der Waals surface area (Å²) in [4.78, 5) is 26.8. The summed E-state index contributed by atoms with van der Waals surface area (Å²) in [5.74, 6) is 0.681. The van der Waals surface area contributed by atoms with Crippen molar-refractivity contribution in [3.05, 3.63) is 69.8 Å². The molecule has 7 nitrogen and oxygen atoms in total. The predicted molar refractivity (Wildman–Crippen MR) is 131 cm³/mol. The van der Waals surface area contributed by atoms with Gasteiger partial charge in [0.25, 0.3) is 5.69 Å². The second-order valence-electron chi connectivity index (χ2n) is 9.56. The van der Waals surface area contributed by atoms with E-state index in [1.54, 1.807) is 0 Å². The number of nitro benzene ring substituents is 1. The van der Waals surface area contributed by atoms with Crippen molar-refractivity contribution in [1.29, 1.82) is 0 Å². The van der Waals surface area contributed by atoms with Crippen LogP contribution in [0.2, 0.25) is 0 Å². The zero-order chi connectivity index (χ0) is 25.7. The van der Waals surface area contributed by atoms with Crippen molar-refractivity contribution >= 4 is 17.3 Å². The first-order valence-corrected chi connectivity index (χ1v) is 12.4. The number of hydrogen-bond acceptors (Lipinski definition) is 5. The van der Waals surface area contributed by atoms with Gasteiger partial charge in [0.2, 0.25) is 5.91 Å². The van der Waals surface area contributed by atoms with Crippen LogP contribution >= 0.6 is 0 Å². The molecule has 194 valence electrons. The van der Waals surface area contributed by atoms with E-state index in [-0.39, 0.29) is 17.6 Å². The molecule has 2 heterocycles. The molecule has 1 N–H and O–H groups in total. The van der Waals surface area contributed by atoms with Crippen molar-refractivity contribution in [1.82, 2.24) is 9.80 Å².